The maximum atomic E-state index is 12.3. The fourth-order valence-electron chi connectivity index (χ4n) is 2.66. The van der Waals surface area contributed by atoms with Gasteiger partial charge in [0.05, 0.1) is 6.04 Å². The summed E-state index contributed by atoms with van der Waals surface area (Å²) in [6.07, 6.45) is 3.57. The summed E-state index contributed by atoms with van der Waals surface area (Å²) < 4.78 is 0. The summed E-state index contributed by atoms with van der Waals surface area (Å²) in [6.45, 7) is 7.97. The molecule has 0 aromatic rings. The Morgan fingerprint density at radius 1 is 1.12 bits per heavy atom. The monoisotopic (exact) mass is 239 g/mol. The molecule has 2 fully saturated rings. The van der Waals surface area contributed by atoms with Gasteiger partial charge in [-0.05, 0) is 32.1 Å². The van der Waals surface area contributed by atoms with Crippen LogP contribution in [0.4, 0.5) is 0 Å². The summed E-state index contributed by atoms with van der Waals surface area (Å²) in [7, 11) is 0. The Hall–Kier alpha value is -0.610. The molecule has 3 atom stereocenters. The highest BCUT2D eigenvalue weighted by Gasteiger charge is 2.28. The average Bonchev–Trinajstić information content (AvgIpc) is 2.54. The molecule has 2 aliphatic rings. The number of carbonyl (C=O) groups is 1. The molecule has 2 N–H and O–H groups in total. The van der Waals surface area contributed by atoms with E-state index in [2.05, 4.69) is 29.4 Å². The molecule has 0 aromatic heterocycles. The van der Waals surface area contributed by atoms with Gasteiger partial charge in [-0.25, -0.2) is 0 Å². The molecular formula is C13H25N3O. The van der Waals surface area contributed by atoms with Gasteiger partial charge >= 0.3 is 0 Å². The number of amides is 1. The summed E-state index contributed by atoms with van der Waals surface area (Å²) in [5, 5.41) is 6.71. The molecule has 98 valence electrons. The van der Waals surface area contributed by atoms with Crippen LogP contribution in [0, 0.1) is 5.92 Å². The van der Waals surface area contributed by atoms with E-state index in [4.69, 9.17) is 0 Å². The first-order valence-electron chi connectivity index (χ1n) is 6.92. The molecule has 0 aromatic carbocycles. The third-order valence-corrected chi connectivity index (χ3v) is 3.97. The number of hydrogen-bond donors (Lipinski definition) is 2. The minimum atomic E-state index is -0.0143. The summed E-state index contributed by atoms with van der Waals surface area (Å²) in [5.41, 5.74) is 0. The number of nitrogens with one attached hydrogen (secondary N) is 2. The Kier molecular flexibility index (Phi) is 4.40. The van der Waals surface area contributed by atoms with Crippen molar-refractivity contribution in [2.75, 3.05) is 26.2 Å². The lowest BCUT2D eigenvalue weighted by atomic mass is 10.0. The summed E-state index contributed by atoms with van der Waals surface area (Å²) in [6, 6.07) is 0.461. The first-order chi connectivity index (χ1) is 8.16. The molecule has 4 nitrogen and oxygen atoms in total. The van der Waals surface area contributed by atoms with Crippen LogP contribution in [-0.4, -0.2) is 49.1 Å². The predicted octanol–water partition coefficient (Wildman–Crippen LogP) is 0.585. The van der Waals surface area contributed by atoms with Crippen LogP contribution >= 0.6 is 0 Å². The second-order valence-corrected chi connectivity index (χ2v) is 5.63. The highest BCUT2D eigenvalue weighted by Crippen LogP contribution is 2.17. The zero-order chi connectivity index (χ0) is 12.3. The lowest BCUT2D eigenvalue weighted by Gasteiger charge is -2.32. The fraction of sp³-hybridized carbons (Fsp3) is 0.923. The molecule has 0 bridgehead atoms. The van der Waals surface area contributed by atoms with Gasteiger partial charge in [-0.1, -0.05) is 6.92 Å². The van der Waals surface area contributed by atoms with Gasteiger partial charge in [0.15, 0.2) is 0 Å². The number of hydrogen-bond acceptors (Lipinski definition) is 3. The van der Waals surface area contributed by atoms with Crippen molar-refractivity contribution in [3.05, 3.63) is 0 Å². The van der Waals surface area contributed by atoms with Gasteiger partial charge in [-0.3, -0.25) is 4.79 Å². The number of likely N-dealkylation sites (tertiary alicyclic amines) is 1. The molecule has 1 amide bonds. The smallest absolute Gasteiger partial charge is 0.241 e. The minimum absolute atomic E-state index is 0.0143. The van der Waals surface area contributed by atoms with Gasteiger partial charge < -0.3 is 15.5 Å². The molecular weight excluding hydrogens is 214 g/mol. The zero-order valence-electron chi connectivity index (χ0n) is 11.0. The van der Waals surface area contributed by atoms with Crippen LogP contribution in [0.1, 0.15) is 33.1 Å². The highest BCUT2D eigenvalue weighted by molar-refractivity contribution is 5.82. The summed E-state index contributed by atoms with van der Waals surface area (Å²) in [4.78, 5) is 14.4. The van der Waals surface area contributed by atoms with E-state index in [-0.39, 0.29) is 6.04 Å². The molecule has 2 saturated heterocycles. The van der Waals surface area contributed by atoms with E-state index in [1.165, 1.54) is 6.42 Å². The molecule has 2 aliphatic heterocycles. The first kappa shape index (κ1) is 12.8. The largest absolute Gasteiger partial charge is 0.341 e. The molecule has 4 heteroatoms. The van der Waals surface area contributed by atoms with Crippen molar-refractivity contribution < 1.29 is 4.79 Å². The van der Waals surface area contributed by atoms with Gasteiger partial charge in [0.2, 0.25) is 5.91 Å². The lowest BCUT2D eigenvalue weighted by molar-refractivity contribution is -0.133. The van der Waals surface area contributed by atoms with Crippen molar-refractivity contribution in [2.45, 2.75) is 45.2 Å². The number of nitrogens with zero attached hydrogens (tertiary/aromatic N) is 1. The highest BCUT2D eigenvalue weighted by atomic mass is 16.2. The Morgan fingerprint density at radius 2 is 1.94 bits per heavy atom. The van der Waals surface area contributed by atoms with Crippen LogP contribution in [0.25, 0.3) is 0 Å². The number of piperazine rings is 1. The molecule has 0 saturated carbocycles. The molecule has 2 rings (SSSR count). The van der Waals surface area contributed by atoms with Crippen molar-refractivity contribution >= 4 is 5.91 Å². The van der Waals surface area contributed by atoms with E-state index in [1.807, 2.05) is 0 Å². The topological polar surface area (TPSA) is 44.4 Å². The third kappa shape index (κ3) is 3.42. The Balaban J connectivity index is 1.86. The minimum Gasteiger partial charge on any atom is -0.341 e. The van der Waals surface area contributed by atoms with E-state index in [9.17, 15) is 4.79 Å². The van der Waals surface area contributed by atoms with E-state index in [0.717, 1.165) is 44.9 Å². The van der Waals surface area contributed by atoms with Crippen LogP contribution in [0.15, 0.2) is 0 Å². The van der Waals surface area contributed by atoms with Crippen molar-refractivity contribution in [1.29, 1.82) is 0 Å². The average molecular weight is 239 g/mol. The summed E-state index contributed by atoms with van der Waals surface area (Å²) in [5.74, 6) is 1.06. The normalized spacial score (nSPS) is 35.4. The molecule has 0 aliphatic carbocycles. The first-order valence-corrected chi connectivity index (χ1v) is 6.92. The van der Waals surface area contributed by atoms with Crippen molar-refractivity contribution in [2.24, 2.45) is 5.92 Å². The standard InChI is InChI=1S/C13H25N3O/c1-10-4-3-6-16(7-5-10)13(17)12-9-14-11(2)8-15-12/h10-12,14-15H,3-9H2,1-2H3. The van der Waals surface area contributed by atoms with E-state index in [1.54, 1.807) is 0 Å². The molecule has 3 unspecified atom stereocenters. The SMILES string of the molecule is CC1CCCN(C(=O)C2CNC(C)CN2)CC1. The van der Waals surface area contributed by atoms with Gasteiger partial charge in [0, 0.05) is 32.2 Å². The van der Waals surface area contributed by atoms with Crippen LogP contribution in [0.3, 0.4) is 0 Å². The lowest BCUT2D eigenvalue weighted by Crippen LogP contribution is -2.59. The molecule has 17 heavy (non-hydrogen) atoms. The number of carbonyl (C=O) groups excluding carboxylic acids is 1. The van der Waals surface area contributed by atoms with Crippen molar-refractivity contribution in [1.82, 2.24) is 15.5 Å². The summed E-state index contributed by atoms with van der Waals surface area (Å²) >= 11 is 0. The van der Waals surface area contributed by atoms with Crippen molar-refractivity contribution in [3.63, 3.8) is 0 Å². The van der Waals surface area contributed by atoms with Gasteiger partial charge in [0.1, 0.15) is 0 Å². The van der Waals surface area contributed by atoms with Crippen LogP contribution in [-0.2, 0) is 4.79 Å². The second kappa shape index (κ2) is 5.83. The Bertz CT molecular complexity index is 261. The Labute approximate surface area is 104 Å². The molecule has 0 radical (unpaired) electrons. The van der Waals surface area contributed by atoms with E-state index in [0.29, 0.717) is 11.9 Å². The number of rotatable bonds is 1. The fourth-order valence-corrected chi connectivity index (χ4v) is 2.66. The molecule has 2 heterocycles. The Morgan fingerprint density at radius 3 is 2.65 bits per heavy atom. The van der Waals surface area contributed by atoms with E-state index < -0.39 is 0 Å². The van der Waals surface area contributed by atoms with Gasteiger partial charge in [-0.2, -0.15) is 0 Å². The van der Waals surface area contributed by atoms with Gasteiger partial charge in [-0.15, -0.1) is 0 Å². The molecule has 0 spiro atoms. The van der Waals surface area contributed by atoms with Crippen LogP contribution in [0.5, 0.6) is 0 Å². The maximum Gasteiger partial charge on any atom is 0.241 e. The maximum absolute atomic E-state index is 12.3. The quantitative estimate of drug-likeness (QED) is 0.704. The predicted molar refractivity (Wildman–Crippen MR) is 68.9 cm³/mol. The zero-order valence-corrected chi connectivity index (χ0v) is 11.0. The van der Waals surface area contributed by atoms with Crippen LogP contribution in [0.2, 0.25) is 0 Å². The third-order valence-electron chi connectivity index (χ3n) is 3.97. The second-order valence-electron chi connectivity index (χ2n) is 5.63. The van der Waals surface area contributed by atoms with Crippen molar-refractivity contribution in [3.8, 4) is 0 Å². The van der Waals surface area contributed by atoms with Crippen LogP contribution < -0.4 is 10.6 Å². The van der Waals surface area contributed by atoms with E-state index >= 15 is 0 Å². The van der Waals surface area contributed by atoms with Gasteiger partial charge in [0.25, 0.3) is 0 Å².